The Morgan fingerprint density at radius 3 is 2.33 bits per heavy atom. The van der Waals surface area contributed by atoms with Gasteiger partial charge in [-0.3, -0.25) is 9.59 Å². The van der Waals surface area contributed by atoms with Gasteiger partial charge in [-0.2, -0.15) is 0 Å². The molecule has 0 radical (unpaired) electrons. The highest BCUT2D eigenvalue weighted by atomic mass is 16.6. The van der Waals surface area contributed by atoms with Gasteiger partial charge in [0.25, 0.3) is 0 Å². The van der Waals surface area contributed by atoms with E-state index in [-0.39, 0.29) is 24.1 Å². The molecule has 0 aromatic carbocycles. The highest BCUT2D eigenvalue weighted by Gasteiger charge is 2.45. The fourth-order valence-electron chi connectivity index (χ4n) is 3.25. The molecule has 0 bridgehead atoms. The van der Waals surface area contributed by atoms with Gasteiger partial charge in [0.2, 0.25) is 17.6 Å². The van der Waals surface area contributed by atoms with Gasteiger partial charge in [0.15, 0.2) is 0 Å². The number of methoxy groups -OCH3 is 1. The van der Waals surface area contributed by atoms with Gasteiger partial charge in [-0.15, -0.1) is 0 Å². The lowest BCUT2D eigenvalue weighted by atomic mass is 9.91. The van der Waals surface area contributed by atoms with E-state index in [9.17, 15) is 29.4 Å². The van der Waals surface area contributed by atoms with Crippen LogP contribution in [0.3, 0.4) is 0 Å². The molecule has 1 saturated carbocycles. The zero-order chi connectivity index (χ0) is 24.9. The standard InChI is InChI=1S/C21H33N3O9/c1-10(25)23-15-12(24-20(30)33-21(2,3)4)8-14(19(29)31-5)32-17(15)16(27)13(26)9-22-18(28)11-6-7-11/h8,11-13,15-17,26-27H,6-7,9H2,1-5H3,(H,22,28)(H,23,25)(H,24,30)/t12-,13?,15+,16?,17+/m0/s1. The molecule has 12 nitrogen and oxygen atoms in total. The summed E-state index contributed by atoms with van der Waals surface area (Å²) in [6.07, 6.45) is -2.60. The van der Waals surface area contributed by atoms with Crippen molar-refractivity contribution in [2.75, 3.05) is 13.7 Å². The van der Waals surface area contributed by atoms with E-state index in [1.165, 1.54) is 13.0 Å². The van der Waals surface area contributed by atoms with Gasteiger partial charge in [-0.05, 0) is 39.7 Å². The average Bonchev–Trinajstić information content (AvgIpc) is 3.55. The summed E-state index contributed by atoms with van der Waals surface area (Å²) in [6, 6.07) is -2.15. The number of esters is 1. The molecule has 2 rings (SSSR count). The van der Waals surface area contributed by atoms with Crippen LogP contribution >= 0.6 is 0 Å². The zero-order valence-electron chi connectivity index (χ0n) is 19.4. The fourth-order valence-corrected chi connectivity index (χ4v) is 3.25. The number of amides is 3. The SMILES string of the molecule is COC(=O)C1=C[C@H](NC(=O)OC(C)(C)C)[C@@H](NC(C)=O)[C@H](C(O)C(O)CNC(=O)C2CC2)O1. The molecule has 1 aliphatic heterocycles. The summed E-state index contributed by atoms with van der Waals surface area (Å²) < 4.78 is 15.5. The number of aliphatic hydroxyl groups is 2. The molecule has 3 amide bonds. The second-order valence-corrected chi connectivity index (χ2v) is 9.08. The minimum atomic E-state index is -1.65. The molecule has 0 aromatic rings. The third-order valence-electron chi connectivity index (χ3n) is 4.94. The maximum atomic E-state index is 12.4. The predicted octanol–water partition coefficient (Wildman–Crippen LogP) is -0.912. The largest absolute Gasteiger partial charge is 0.478 e. The lowest BCUT2D eigenvalue weighted by Crippen LogP contribution is -2.64. The lowest BCUT2D eigenvalue weighted by Gasteiger charge is -2.40. The summed E-state index contributed by atoms with van der Waals surface area (Å²) in [7, 11) is 1.12. The topological polar surface area (TPSA) is 173 Å². The van der Waals surface area contributed by atoms with Gasteiger partial charge in [0.1, 0.15) is 23.9 Å². The van der Waals surface area contributed by atoms with E-state index in [2.05, 4.69) is 20.7 Å². The lowest BCUT2D eigenvalue weighted by molar-refractivity contribution is -0.148. The summed E-state index contributed by atoms with van der Waals surface area (Å²) in [6.45, 7) is 5.94. The first-order chi connectivity index (χ1) is 15.3. The Hall–Kier alpha value is -2.86. The molecule has 1 aliphatic carbocycles. The Morgan fingerprint density at radius 2 is 1.82 bits per heavy atom. The average molecular weight is 472 g/mol. The molecular formula is C21H33N3O9. The van der Waals surface area contributed by atoms with E-state index in [4.69, 9.17) is 9.47 Å². The van der Waals surface area contributed by atoms with Gasteiger partial charge in [0, 0.05) is 19.4 Å². The second kappa shape index (κ2) is 10.8. The third-order valence-corrected chi connectivity index (χ3v) is 4.94. The van der Waals surface area contributed by atoms with Gasteiger partial charge >= 0.3 is 12.1 Å². The molecule has 0 saturated heterocycles. The molecule has 1 heterocycles. The maximum absolute atomic E-state index is 12.4. The number of ether oxygens (including phenoxy) is 3. The van der Waals surface area contributed by atoms with E-state index in [0.717, 1.165) is 20.0 Å². The van der Waals surface area contributed by atoms with Gasteiger partial charge < -0.3 is 40.4 Å². The van der Waals surface area contributed by atoms with E-state index in [1.54, 1.807) is 20.8 Å². The number of rotatable bonds is 8. The van der Waals surface area contributed by atoms with Crippen molar-refractivity contribution in [3.8, 4) is 0 Å². The maximum Gasteiger partial charge on any atom is 0.408 e. The van der Waals surface area contributed by atoms with Crippen molar-refractivity contribution >= 4 is 23.9 Å². The van der Waals surface area contributed by atoms with Crippen molar-refractivity contribution in [3.63, 3.8) is 0 Å². The first kappa shape index (κ1) is 26.4. The Balaban J connectivity index is 2.26. The molecule has 1 fully saturated rings. The highest BCUT2D eigenvalue weighted by Crippen LogP contribution is 2.29. The molecule has 0 spiro atoms. The van der Waals surface area contributed by atoms with Crippen LogP contribution in [-0.2, 0) is 28.6 Å². The molecule has 5 N–H and O–H groups in total. The Bertz CT molecular complexity index is 788. The number of hydrogen-bond donors (Lipinski definition) is 5. The molecule has 186 valence electrons. The normalized spacial score (nSPS) is 24.3. The van der Waals surface area contributed by atoms with Gasteiger partial charge in [-0.25, -0.2) is 9.59 Å². The van der Waals surface area contributed by atoms with Crippen LogP contribution in [0.1, 0.15) is 40.5 Å². The van der Waals surface area contributed by atoms with Crippen LogP contribution in [0.5, 0.6) is 0 Å². The van der Waals surface area contributed by atoms with Crippen LogP contribution in [0.15, 0.2) is 11.8 Å². The molecule has 0 aromatic heterocycles. The van der Waals surface area contributed by atoms with E-state index >= 15 is 0 Å². The summed E-state index contributed by atoms with van der Waals surface area (Å²) in [5.74, 6) is -2.06. The quantitative estimate of drug-likeness (QED) is 0.281. The van der Waals surface area contributed by atoms with Crippen molar-refractivity contribution < 1.29 is 43.6 Å². The van der Waals surface area contributed by atoms with Crippen molar-refractivity contribution in [1.82, 2.24) is 16.0 Å². The summed E-state index contributed by atoms with van der Waals surface area (Å²) in [5.41, 5.74) is -0.817. The molecule has 2 unspecified atom stereocenters. The summed E-state index contributed by atoms with van der Waals surface area (Å²) >= 11 is 0. The molecular weight excluding hydrogens is 438 g/mol. The van der Waals surface area contributed by atoms with Crippen LogP contribution < -0.4 is 16.0 Å². The molecule has 33 heavy (non-hydrogen) atoms. The van der Waals surface area contributed by atoms with Crippen LogP contribution in [-0.4, -0.2) is 83.7 Å². The van der Waals surface area contributed by atoms with Crippen LogP contribution in [0, 0.1) is 5.92 Å². The monoisotopic (exact) mass is 471 g/mol. The van der Waals surface area contributed by atoms with E-state index in [1.807, 2.05) is 0 Å². The Labute approximate surface area is 192 Å². The predicted molar refractivity (Wildman–Crippen MR) is 113 cm³/mol. The number of nitrogens with one attached hydrogen (secondary N) is 3. The number of carbonyl (C=O) groups is 4. The van der Waals surface area contributed by atoms with Crippen molar-refractivity contribution in [3.05, 3.63) is 11.8 Å². The smallest absolute Gasteiger partial charge is 0.408 e. The molecule has 2 aliphatic rings. The second-order valence-electron chi connectivity index (χ2n) is 9.08. The Morgan fingerprint density at radius 1 is 1.18 bits per heavy atom. The van der Waals surface area contributed by atoms with Crippen LogP contribution in [0.2, 0.25) is 0 Å². The fraction of sp³-hybridized carbons (Fsp3) is 0.714. The first-order valence-corrected chi connectivity index (χ1v) is 10.7. The summed E-state index contributed by atoms with van der Waals surface area (Å²) in [4.78, 5) is 48.2. The zero-order valence-corrected chi connectivity index (χ0v) is 19.4. The number of aliphatic hydroxyl groups excluding tert-OH is 2. The Kier molecular flexibility index (Phi) is 8.67. The third kappa shape index (κ3) is 7.90. The number of hydrogen-bond acceptors (Lipinski definition) is 9. The molecule has 12 heteroatoms. The minimum Gasteiger partial charge on any atom is -0.478 e. The highest BCUT2D eigenvalue weighted by molar-refractivity contribution is 5.87. The van der Waals surface area contributed by atoms with Gasteiger partial charge in [0.05, 0.1) is 19.2 Å². The van der Waals surface area contributed by atoms with Crippen molar-refractivity contribution in [1.29, 1.82) is 0 Å². The summed E-state index contributed by atoms with van der Waals surface area (Å²) in [5, 5.41) is 28.9. The van der Waals surface area contributed by atoms with E-state index in [0.29, 0.717) is 0 Å². The minimum absolute atomic E-state index is 0.0938. The van der Waals surface area contributed by atoms with Crippen LogP contribution in [0.4, 0.5) is 4.79 Å². The van der Waals surface area contributed by atoms with Gasteiger partial charge in [-0.1, -0.05) is 0 Å². The van der Waals surface area contributed by atoms with Crippen LogP contribution in [0.25, 0.3) is 0 Å². The van der Waals surface area contributed by atoms with Crippen molar-refractivity contribution in [2.45, 2.75) is 76.5 Å². The first-order valence-electron chi connectivity index (χ1n) is 10.7. The number of alkyl carbamates (subject to hydrolysis) is 1. The van der Waals surface area contributed by atoms with Crippen molar-refractivity contribution in [2.24, 2.45) is 5.92 Å². The number of carbonyl (C=O) groups excluding carboxylic acids is 4. The molecule has 5 atom stereocenters. The van der Waals surface area contributed by atoms with E-state index < -0.39 is 54.0 Å².